The minimum atomic E-state index is -1.25. The number of methoxy groups -OCH3 is 1. The minimum Gasteiger partial charge on any atom is -0.497 e. The Balaban J connectivity index is 1.53. The molecule has 1 aliphatic heterocycles. The van der Waals surface area contributed by atoms with Crippen molar-refractivity contribution >= 4 is 5.91 Å². The third kappa shape index (κ3) is 6.37. The highest BCUT2D eigenvalue weighted by Crippen LogP contribution is 2.21. The van der Waals surface area contributed by atoms with E-state index in [1.807, 2.05) is 30.3 Å². The third-order valence-electron chi connectivity index (χ3n) is 5.86. The minimum absolute atomic E-state index is 0.0850. The lowest BCUT2D eigenvalue weighted by Gasteiger charge is -2.25. The second-order valence-corrected chi connectivity index (χ2v) is 8.41. The number of ether oxygens (including phenoxy) is 2. The molecule has 0 spiro atoms. The maximum atomic E-state index is 14.3. The molecule has 0 aliphatic carbocycles. The molecule has 4 rings (SSSR count). The van der Waals surface area contributed by atoms with Crippen molar-refractivity contribution in [3.05, 3.63) is 95.1 Å². The van der Waals surface area contributed by atoms with Gasteiger partial charge >= 0.3 is 0 Å². The average molecular weight is 486 g/mol. The fourth-order valence-electron chi connectivity index (χ4n) is 4.01. The van der Waals surface area contributed by atoms with Crippen molar-refractivity contribution in [2.24, 2.45) is 0 Å². The molecule has 0 N–H and O–H groups in total. The van der Waals surface area contributed by atoms with E-state index in [1.165, 1.54) is 0 Å². The summed E-state index contributed by atoms with van der Waals surface area (Å²) in [4.78, 5) is 20.5. The van der Waals surface area contributed by atoms with Gasteiger partial charge in [-0.1, -0.05) is 18.2 Å². The number of halogens is 3. The smallest absolute Gasteiger partial charge is 0.237 e. The van der Waals surface area contributed by atoms with E-state index in [4.69, 9.17) is 9.47 Å². The molecule has 35 heavy (non-hydrogen) atoms. The van der Waals surface area contributed by atoms with Crippen LogP contribution in [0, 0.1) is 17.5 Å². The van der Waals surface area contributed by atoms with Gasteiger partial charge in [0.25, 0.3) is 0 Å². The molecule has 9 heteroatoms. The molecule has 2 aromatic carbocycles. The van der Waals surface area contributed by atoms with Crippen LogP contribution in [0.2, 0.25) is 0 Å². The molecule has 0 radical (unpaired) electrons. The lowest BCUT2D eigenvalue weighted by atomic mass is 10.1. The van der Waals surface area contributed by atoms with Crippen LogP contribution in [-0.2, 0) is 29.2 Å². The fraction of sp³-hybridized carbons (Fsp3) is 0.308. The first-order chi connectivity index (χ1) is 16.9. The van der Waals surface area contributed by atoms with Gasteiger partial charge in [0.15, 0.2) is 11.6 Å². The molecular formula is C26H26F3N3O3. The van der Waals surface area contributed by atoms with Crippen molar-refractivity contribution in [1.82, 2.24) is 14.8 Å². The molecule has 1 saturated heterocycles. The highest BCUT2D eigenvalue weighted by Gasteiger charge is 2.30. The van der Waals surface area contributed by atoms with Gasteiger partial charge in [-0.2, -0.15) is 0 Å². The largest absolute Gasteiger partial charge is 0.497 e. The SMILES string of the molecule is COc1ccc(CN2C[C@@H](OCc3cccnc3)CN(Cc3c(F)ccc(F)c3F)CC2=O)cc1. The summed E-state index contributed by atoms with van der Waals surface area (Å²) < 4.78 is 53.6. The molecule has 1 aliphatic rings. The zero-order valence-corrected chi connectivity index (χ0v) is 19.3. The maximum Gasteiger partial charge on any atom is 0.237 e. The van der Waals surface area contributed by atoms with Crippen LogP contribution in [0.15, 0.2) is 60.9 Å². The molecule has 184 valence electrons. The average Bonchev–Trinajstić information content (AvgIpc) is 3.02. The Bertz CT molecular complexity index is 1150. The first kappa shape index (κ1) is 24.7. The Hall–Kier alpha value is -3.43. The van der Waals surface area contributed by atoms with Gasteiger partial charge in [-0.15, -0.1) is 0 Å². The van der Waals surface area contributed by atoms with Crippen molar-refractivity contribution in [2.75, 3.05) is 26.7 Å². The number of pyridine rings is 1. The summed E-state index contributed by atoms with van der Waals surface area (Å²) in [5.41, 5.74) is 1.35. The number of nitrogens with zero attached hydrogens (tertiary/aromatic N) is 3. The molecule has 1 fully saturated rings. The molecule has 0 saturated carbocycles. The van der Waals surface area contributed by atoms with Gasteiger partial charge < -0.3 is 14.4 Å². The summed E-state index contributed by atoms with van der Waals surface area (Å²) in [6.45, 7) is 0.782. The van der Waals surface area contributed by atoms with Crippen molar-refractivity contribution in [3.63, 3.8) is 0 Å². The predicted octanol–water partition coefficient (Wildman–Crippen LogP) is 3.94. The molecule has 0 unspecified atom stereocenters. The number of carbonyl (C=O) groups excluding carboxylic acids is 1. The molecule has 1 aromatic heterocycles. The molecule has 2 heterocycles. The van der Waals surface area contributed by atoms with E-state index < -0.39 is 29.1 Å². The maximum absolute atomic E-state index is 14.3. The number of carbonyl (C=O) groups is 1. The number of rotatable bonds is 8. The van der Waals surface area contributed by atoms with Crippen LogP contribution < -0.4 is 4.74 Å². The molecule has 0 bridgehead atoms. The lowest BCUT2D eigenvalue weighted by Crippen LogP contribution is -2.37. The summed E-state index contributed by atoms with van der Waals surface area (Å²) in [5.74, 6) is -2.74. The quantitative estimate of drug-likeness (QED) is 0.453. The van der Waals surface area contributed by atoms with Gasteiger partial charge in [-0.25, -0.2) is 13.2 Å². The van der Waals surface area contributed by atoms with E-state index in [-0.39, 0.29) is 38.7 Å². The van der Waals surface area contributed by atoms with Crippen molar-refractivity contribution in [2.45, 2.75) is 25.8 Å². The summed E-state index contributed by atoms with van der Waals surface area (Å²) in [7, 11) is 1.58. The lowest BCUT2D eigenvalue weighted by molar-refractivity contribution is -0.132. The monoisotopic (exact) mass is 485 g/mol. The summed E-state index contributed by atoms with van der Waals surface area (Å²) in [6.07, 6.45) is 2.90. The summed E-state index contributed by atoms with van der Waals surface area (Å²) in [5, 5.41) is 0. The second-order valence-electron chi connectivity index (χ2n) is 8.41. The molecule has 1 amide bonds. The van der Waals surface area contributed by atoms with Crippen molar-refractivity contribution in [1.29, 1.82) is 0 Å². The van der Waals surface area contributed by atoms with E-state index in [0.29, 0.717) is 12.3 Å². The van der Waals surface area contributed by atoms with Crippen LogP contribution in [0.3, 0.4) is 0 Å². The fourth-order valence-corrected chi connectivity index (χ4v) is 4.01. The van der Waals surface area contributed by atoms with E-state index in [0.717, 1.165) is 23.3 Å². The number of benzene rings is 2. The van der Waals surface area contributed by atoms with E-state index in [1.54, 1.807) is 35.4 Å². The molecule has 1 atom stereocenters. The summed E-state index contributed by atoms with van der Waals surface area (Å²) >= 11 is 0. The second kappa shape index (κ2) is 11.3. The number of amides is 1. The first-order valence-corrected chi connectivity index (χ1v) is 11.2. The van der Waals surface area contributed by atoms with Crippen LogP contribution in [0.1, 0.15) is 16.7 Å². The van der Waals surface area contributed by atoms with E-state index in [9.17, 15) is 18.0 Å². The normalized spacial score (nSPS) is 16.9. The van der Waals surface area contributed by atoms with Crippen LogP contribution in [-0.4, -0.2) is 53.5 Å². The topological polar surface area (TPSA) is 54.9 Å². The predicted molar refractivity (Wildman–Crippen MR) is 123 cm³/mol. The number of aromatic nitrogens is 1. The zero-order valence-electron chi connectivity index (χ0n) is 19.3. The van der Waals surface area contributed by atoms with Crippen molar-refractivity contribution < 1.29 is 27.4 Å². The number of hydrogen-bond donors (Lipinski definition) is 0. The van der Waals surface area contributed by atoms with Gasteiger partial charge in [0.1, 0.15) is 11.6 Å². The van der Waals surface area contributed by atoms with Gasteiger partial charge in [-0.3, -0.25) is 14.7 Å². The third-order valence-corrected chi connectivity index (χ3v) is 5.86. The standard InChI is InChI=1S/C26H26F3N3O3/c1-34-20-6-4-18(5-7-20)12-32-14-21(35-17-19-3-2-10-30-11-19)13-31(16-25(32)33)15-22-23(27)8-9-24(28)26(22)29/h2-11,21H,12-17H2,1H3/t21-/m0/s1. The Kier molecular flexibility index (Phi) is 7.99. The molecular weight excluding hydrogens is 459 g/mol. The Morgan fingerprint density at radius 3 is 2.46 bits per heavy atom. The van der Waals surface area contributed by atoms with Gasteiger partial charge in [0.05, 0.1) is 26.4 Å². The van der Waals surface area contributed by atoms with Gasteiger partial charge in [-0.05, 0) is 41.5 Å². The van der Waals surface area contributed by atoms with E-state index >= 15 is 0 Å². The number of hydrogen-bond acceptors (Lipinski definition) is 5. The van der Waals surface area contributed by atoms with Crippen molar-refractivity contribution in [3.8, 4) is 5.75 Å². The Labute approximate surface area is 201 Å². The highest BCUT2D eigenvalue weighted by atomic mass is 19.2. The highest BCUT2D eigenvalue weighted by molar-refractivity contribution is 5.78. The van der Waals surface area contributed by atoms with E-state index in [2.05, 4.69) is 4.98 Å². The van der Waals surface area contributed by atoms with Gasteiger partial charge in [0.2, 0.25) is 5.91 Å². The zero-order chi connectivity index (χ0) is 24.8. The van der Waals surface area contributed by atoms with Crippen LogP contribution >= 0.6 is 0 Å². The Morgan fingerprint density at radius 2 is 1.74 bits per heavy atom. The molecule has 3 aromatic rings. The Morgan fingerprint density at radius 1 is 0.971 bits per heavy atom. The van der Waals surface area contributed by atoms with Crippen LogP contribution in [0.25, 0.3) is 0 Å². The summed E-state index contributed by atoms with van der Waals surface area (Å²) in [6, 6.07) is 12.7. The van der Waals surface area contributed by atoms with Crippen LogP contribution in [0.5, 0.6) is 5.75 Å². The van der Waals surface area contributed by atoms with Crippen LogP contribution in [0.4, 0.5) is 13.2 Å². The first-order valence-electron chi connectivity index (χ1n) is 11.2. The van der Waals surface area contributed by atoms with Gasteiger partial charge in [0, 0.05) is 44.1 Å². The molecule has 6 nitrogen and oxygen atoms in total.